The van der Waals surface area contributed by atoms with Gasteiger partial charge in [0.25, 0.3) is 0 Å². The van der Waals surface area contributed by atoms with E-state index in [9.17, 15) is 13.5 Å². The van der Waals surface area contributed by atoms with E-state index in [-0.39, 0.29) is 11.5 Å². The molecule has 1 aromatic carbocycles. The molecule has 1 aliphatic heterocycles. The van der Waals surface area contributed by atoms with Crippen molar-refractivity contribution in [3.63, 3.8) is 0 Å². The lowest BCUT2D eigenvalue weighted by atomic mass is 10.2. The van der Waals surface area contributed by atoms with Crippen LogP contribution >= 0.6 is 11.3 Å². The quantitative estimate of drug-likeness (QED) is 0.933. The number of aliphatic hydroxyl groups is 1. The summed E-state index contributed by atoms with van der Waals surface area (Å²) >= 11 is 1.33. The molecular weight excluding hydrogens is 310 g/mol. The van der Waals surface area contributed by atoms with Crippen LogP contribution in [0.2, 0.25) is 0 Å². The number of aliphatic hydroxyl groups excluding tert-OH is 1. The number of ether oxygens (including phenoxy) is 1. The highest BCUT2D eigenvalue weighted by Gasteiger charge is 2.30. The first-order valence-corrected chi connectivity index (χ1v) is 9.09. The SMILES string of the molecule is O=S(=O)(c1c(CO)sc2ccccc12)N1CCCOCC1. The fraction of sp³-hybridized carbons (Fsp3) is 0.429. The van der Waals surface area contributed by atoms with Crippen molar-refractivity contribution in [2.24, 2.45) is 0 Å². The molecule has 2 aromatic rings. The first-order valence-electron chi connectivity index (χ1n) is 6.84. The third kappa shape index (κ3) is 2.72. The van der Waals surface area contributed by atoms with E-state index in [2.05, 4.69) is 0 Å². The number of nitrogens with zero attached hydrogens (tertiary/aromatic N) is 1. The molecule has 0 saturated carbocycles. The van der Waals surface area contributed by atoms with E-state index in [1.54, 1.807) is 6.07 Å². The highest BCUT2D eigenvalue weighted by atomic mass is 32.2. The van der Waals surface area contributed by atoms with Crippen LogP contribution in [-0.2, 0) is 21.4 Å². The summed E-state index contributed by atoms with van der Waals surface area (Å²) in [7, 11) is -3.61. The predicted octanol–water partition coefficient (Wildman–Crippen LogP) is 1.80. The summed E-state index contributed by atoms with van der Waals surface area (Å²) in [6, 6.07) is 7.37. The molecule has 1 N–H and O–H groups in total. The average Bonchev–Trinajstić information content (AvgIpc) is 2.66. The van der Waals surface area contributed by atoms with Crippen molar-refractivity contribution in [1.29, 1.82) is 0 Å². The average molecular weight is 327 g/mol. The van der Waals surface area contributed by atoms with E-state index < -0.39 is 10.0 Å². The first-order chi connectivity index (χ1) is 10.1. The van der Waals surface area contributed by atoms with Gasteiger partial charge in [0.05, 0.1) is 18.1 Å². The topological polar surface area (TPSA) is 66.8 Å². The van der Waals surface area contributed by atoms with E-state index in [4.69, 9.17) is 4.74 Å². The van der Waals surface area contributed by atoms with Gasteiger partial charge < -0.3 is 9.84 Å². The van der Waals surface area contributed by atoms with Gasteiger partial charge in [-0.2, -0.15) is 4.31 Å². The smallest absolute Gasteiger partial charge is 0.244 e. The number of thiophene rings is 1. The normalized spacial score (nSPS) is 18.0. The number of hydrogen-bond donors (Lipinski definition) is 1. The van der Waals surface area contributed by atoms with Crippen LogP contribution in [0.15, 0.2) is 29.2 Å². The zero-order valence-corrected chi connectivity index (χ0v) is 13.1. The van der Waals surface area contributed by atoms with Gasteiger partial charge in [0.1, 0.15) is 4.90 Å². The lowest BCUT2D eigenvalue weighted by Gasteiger charge is -2.19. The second-order valence-corrected chi connectivity index (χ2v) is 7.89. The lowest BCUT2D eigenvalue weighted by Crippen LogP contribution is -2.33. The molecule has 1 aromatic heterocycles. The highest BCUT2D eigenvalue weighted by molar-refractivity contribution is 7.89. The maximum absolute atomic E-state index is 13.0. The summed E-state index contributed by atoms with van der Waals surface area (Å²) in [4.78, 5) is 0.758. The Balaban J connectivity index is 2.13. The molecule has 2 heterocycles. The maximum atomic E-state index is 13.0. The van der Waals surface area contributed by atoms with E-state index in [0.717, 1.165) is 4.70 Å². The molecule has 0 radical (unpaired) electrons. The van der Waals surface area contributed by atoms with Crippen LogP contribution in [0.4, 0.5) is 0 Å². The van der Waals surface area contributed by atoms with Crippen LogP contribution in [0, 0.1) is 0 Å². The minimum absolute atomic E-state index is 0.257. The van der Waals surface area contributed by atoms with Crippen LogP contribution in [0.25, 0.3) is 10.1 Å². The van der Waals surface area contributed by atoms with E-state index in [1.807, 2.05) is 18.2 Å². The molecule has 0 unspecified atom stereocenters. The molecule has 1 fully saturated rings. The van der Waals surface area contributed by atoms with Gasteiger partial charge in [-0.05, 0) is 12.5 Å². The lowest BCUT2D eigenvalue weighted by molar-refractivity contribution is 0.148. The Morgan fingerprint density at radius 1 is 1.24 bits per heavy atom. The number of sulfonamides is 1. The van der Waals surface area contributed by atoms with E-state index >= 15 is 0 Å². The molecule has 1 saturated heterocycles. The van der Waals surface area contributed by atoms with Gasteiger partial charge in [0, 0.05) is 29.8 Å². The van der Waals surface area contributed by atoms with Crippen molar-refractivity contribution in [1.82, 2.24) is 4.31 Å². The van der Waals surface area contributed by atoms with Crippen molar-refractivity contribution in [2.45, 2.75) is 17.9 Å². The monoisotopic (exact) mass is 327 g/mol. The Labute approximate surface area is 127 Å². The van der Waals surface area contributed by atoms with Gasteiger partial charge in [-0.1, -0.05) is 18.2 Å². The Kier molecular flexibility index (Phi) is 4.28. The van der Waals surface area contributed by atoms with E-state index in [1.165, 1.54) is 15.6 Å². The van der Waals surface area contributed by atoms with Crippen molar-refractivity contribution < 1.29 is 18.3 Å². The minimum atomic E-state index is -3.61. The van der Waals surface area contributed by atoms with Gasteiger partial charge in [-0.3, -0.25) is 0 Å². The minimum Gasteiger partial charge on any atom is -0.391 e. The Hall–Kier alpha value is -0.990. The van der Waals surface area contributed by atoms with Gasteiger partial charge >= 0.3 is 0 Å². The molecule has 5 nitrogen and oxygen atoms in total. The molecule has 0 amide bonds. The fourth-order valence-corrected chi connectivity index (χ4v) is 5.77. The van der Waals surface area contributed by atoms with Crippen molar-refractivity contribution >= 4 is 31.4 Å². The molecule has 0 atom stereocenters. The number of fused-ring (bicyclic) bond motifs is 1. The van der Waals surface area contributed by atoms with Crippen LogP contribution in [-0.4, -0.2) is 44.1 Å². The third-order valence-corrected chi connectivity index (χ3v) is 6.85. The molecule has 3 rings (SSSR count). The zero-order chi connectivity index (χ0) is 14.9. The van der Waals surface area contributed by atoms with Crippen molar-refractivity contribution in [2.75, 3.05) is 26.3 Å². The summed E-state index contributed by atoms with van der Waals surface area (Å²) in [5, 5.41) is 10.2. The molecule has 7 heteroatoms. The molecule has 1 aliphatic rings. The predicted molar refractivity (Wildman–Crippen MR) is 81.9 cm³/mol. The highest BCUT2D eigenvalue weighted by Crippen LogP contribution is 2.36. The Morgan fingerprint density at radius 2 is 2.05 bits per heavy atom. The molecule has 0 spiro atoms. The van der Waals surface area contributed by atoms with Gasteiger partial charge in [-0.25, -0.2) is 8.42 Å². The number of hydrogen-bond acceptors (Lipinski definition) is 5. The van der Waals surface area contributed by atoms with Crippen LogP contribution in [0.1, 0.15) is 11.3 Å². The maximum Gasteiger partial charge on any atom is 0.244 e. The summed E-state index contributed by atoms with van der Waals surface area (Å²) in [6.45, 7) is 1.55. The van der Waals surface area contributed by atoms with E-state index in [0.29, 0.717) is 43.0 Å². The second kappa shape index (κ2) is 6.02. The summed E-state index contributed by atoms with van der Waals surface area (Å²) < 4.78 is 33.6. The van der Waals surface area contributed by atoms with Crippen LogP contribution in [0.5, 0.6) is 0 Å². The standard InChI is InChI=1S/C14H17NO4S2/c16-10-13-14(11-4-1-2-5-12(11)20-13)21(17,18)15-6-3-8-19-9-7-15/h1-2,4-5,16H,3,6-10H2. The van der Waals surface area contributed by atoms with Gasteiger partial charge in [0.2, 0.25) is 10.0 Å². The van der Waals surface area contributed by atoms with Crippen molar-refractivity contribution in [3.05, 3.63) is 29.1 Å². The zero-order valence-electron chi connectivity index (χ0n) is 11.5. The molecule has 21 heavy (non-hydrogen) atoms. The van der Waals surface area contributed by atoms with Crippen LogP contribution < -0.4 is 0 Å². The summed E-state index contributed by atoms with van der Waals surface area (Å²) in [5.41, 5.74) is 0. The van der Waals surface area contributed by atoms with Crippen molar-refractivity contribution in [3.8, 4) is 0 Å². The van der Waals surface area contributed by atoms with Crippen LogP contribution in [0.3, 0.4) is 0 Å². The third-order valence-electron chi connectivity index (χ3n) is 3.54. The summed E-state index contributed by atoms with van der Waals surface area (Å²) in [5.74, 6) is 0. The Morgan fingerprint density at radius 3 is 2.86 bits per heavy atom. The van der Waals surface area contributed by atoms with Gasteiger partial charge in [0.15, 0.2) is 0 Å². The number of rotatable bonds is 3. The fourth-order valence-electron chi connectivity index (χ4n) is 2.55. The van der Waals surface area contributed by atoms with Gasteiger partial charge in [-0.15, -0.1) is 11.3 Å². The molecule has 0 aliphatic carbocycles. The Bertz CT molecular complexity index is 731. The molecule has 0 bridgehead atoms. The summed E-state index contributed by atoms with van der Waals surface area (Å²) in [6.07, 6.45) is 0.690. The largest absolute Gasteiger partial charge is 0.391 e. The second-order valence-electron chi connectivity index (χ2n) is 4.88. The molecular formula is C14H17NO4S2. The first kappa shape index (κ1) is 14.9. The molecule has 114 valence electrons. The number of benzene rings is 1.